The maximum atomic E-state index is 13.6. The maximum absolute atomic E-state index is 13.6. The smallest absolute Gasteiger partial charge is 0.255 e. The number of nitrogens with one attached hydrogen (secondary N) is 1. The number of hydrogen-bond donors (Lipinski definition) is 1. The Morgan fingerprint density at radius 2 is 1.77 bits per heavy atom. The fourth-order valence-electron chi connectivity index (χ4n) is 5.36. The lowest BCUT2D eigenvalue weighted by atomic mass is 9.63. The predicted octanol–water partition coefficient (Wildman–Crippen LogP) is 6.15. The second-order valence-corrected chi connectivity index (χ2v) is 11.0. The SMILES string of the molecule is CCN(CC)c1ccc([C@H]2C(C(=O)Nc3ccc(Br)cn3)=C(C)N=C3CC(C)(C)CC(=O)C32)cc1. The number of amides is 1. The van der Waals surface area contributed by atoms with Crippen LogP contribution in [0.4, 0.5) is 11.5 Å². The minimum absolute atomic E-state index is 0.134. The molecule has 2 heterocycles. The number of carbonyl (C=O) groups is 2. The molecule has 184 valence electrons. The quantitative estimate of drug-likeness (QED) is 0.480. The summed E-state index contributed by atoms with van der Waals surface area (Å²) in [5, 5.41) is 2.93. The van der Waals surface area contributed by atoms with Crippen LogP contribution in [0.2, 0.25) is 0 Å². The van der Waals surface area contributed by atoms with E-state index in [-0.39, 0.29) is 23.0 Å². The number of aliphatic imine (C=N–C) groups is 1. The van der Waals surface area contributed by atoms with Gasteiger partial charge in [-0.25, -0.2) is 4.98 Å². The van der Waals surface area contributed by atoms with Crippen molar-refractivity contribution in [1.29, 1.82) is 0 Å². The first-order chi connectivity index (χ1) is 16.6. The van der Waals surface area contributed by atoms with E-state index in [0.717, 1.165) is 40.9 Å². The largest absolute Gasteiger partial charge is 0.372 e. The van der Waals surface area contributed by atoms with Crippen molar-refractivity contribution in [1.82, 2.24) is 4.98 Å². The minimum atomic E-state index is -0.426. The Bertz CT molecular complexity index is 1180. The van der Waals surface area contributed by atoms with Gasteiger partial charge in [0.1, 0.15) is 11.6 Å². The summed E-state index contributed by atoms with van der Waals surface area (Å²) >= 11 is 3.37. The molecule has 1 aromatic heterocycles. The molecule has 1 N–H and O–H groups in total. The number of nitrogens with zero attached hydrogens (tertiary/aromatic N) is 3. The number of ketones is 1. The topological polar surface area (TPSA) is 74.7 Å². The van der Waals surface area contributed by atoms with Crippen LogP contribution in [0.5, 0.6) is 0 Å². The average Bonchev–Trinajstić information content (AvgIpc) is 2.80. The highest BCUT2D eigenvalue weighted by atomic mass is 79.9. The number of Topliss-reactive ketones (excluding diaryl/α,β-unsaturated/α-hetero) is 1. The van der Waals surface area contributed by atoms with E-state index in [1.807, 2.05) is 13.0 Å². The summed E-state index contributed by atoms with van der Waals surface area (Å²) in [6.45, 7) is 12.2. The summed E-state index contributed by atoms with van der Waals surface area (Å²) in [6.07, 6.45) is 2.87. The minimum Gasteiger partial charge on any atom is -0.372 e. The van der Waals surface area contributed by atoms with E-state index in [1.54, 1.807) is 12.3 Å². The fraction of sp³-hybridized carbons (Fsp3) is 0.429. The molecule has 1 aromatic carbocycles. The molecule has 1 aliphatic carbocycles. The van der Waals surface area contributed by atoms with Gasteiger partial charge in [0.05, 0.1) is 5.92 Å². The summed E-state index contributed by atoms with van der Waals surface area (Å²) in [7, 11) is 0. The van der Waals surface area contributed by atoms with Gasteiger partial charge >= 0.3 is 0 Å². The molecule has 0 bridgehead atoms. The third kappa shape index (κ3) is 5.25. The number of halogens is 1. The number of carbonyl (C=O) groups excluding carboxylic acids is 2. The van der Waals surface area contributed by atoms with Gasteiger partial charge in [-0.2, -0.15) is 0 Å². The lowest BCUT2D eigenvalue weighted by Crippen LogP contribution is -2.44. The number of hydrogen-bond acceptors (Lipinski definition) is 5. The first-order valence-corrected chi connectivity index (χ1v) is 13.0. The normalized spacial score (nSPS) is 21.3. The number of anilines is 2. The van der Waals surface area contributed by atoms with E-state index in [1.165, 1.54) is 0 Å². The zero-order chi connectivity index (χ0) is 25.3. The molecule has 0 spiro atoms. The van der Waals surface area contributed by atoms with Crippen molar-refractivity contribution in [2.24, 2.45) is 16.3 Å². The van der Waals surface area contributed by atoms with Crippen molar-refractivity contribution in [3.8, 4) is 0 Å². The third-order valence-corrected chi connectivity index (χ3v) is 7.43. The van der Waals surface area contributed by atoms with Crippen molar-refractivity contribution in [2.75, 3.05) is 23.3 Å². The summed E-state index contributed by atoms with van der Waals surface area (Å²) in [5.74, 6) is -0.468. The van der Waals surface area contributed by atoms with Gasteiger partial charge in [0.2, 0.25) is 0 Å². The van der Waals surface area contributed by atoms with E-state index in [4.69, 9.17) is 4.99 Å². The van der Waals surface area contributed by atoms with Crippen LogP contribution in [0.15, 0.2) is 63.3 Å². The second-order valence-electron chi connectivity index (χ2n) is 10.1. The molecular weight excluding hydrogens is 504 g/mol. The Labute approximate surface area is 216 Å². The molecule has 0 saturated heterocycles. The maximum Gasteiger partial charge on any atom is 0.255 e. The average molecular weight is 538 g/mol. The van der Waals surface area contributed by atoms with E-state index >= 15 is 0 Å². The molecular formula is C28H33BrN4O2. The molecule has 7 heteroatoms. The summed E-state index contributed by atoms with van der Waals surface area (Å²) < 4.78 is 0.833. The Kier molecular flexibility index (Phi) is 7.27. The Hall–Kier alpha value is -2.80. The second kappa shape index (κ2) is 10.1. The van der Waals surface area contributed by atoms with Crippen LogP contribution < -0.4 is 10.2 Å². The van der Waals surface area contributed by atoms with E-state index in [2.05, 4.69) is 83.1 Å². The van der Waals surface area contributed by atoms with Gasteiger partial charge < -0.3 is 10.2 Å². The summed E-state index contributed by atoms with van der Waals surface area (Å²) in [5.41, 5.74) is 4.04. The van der Waals surface area contributed by atoms with Crippen molar-refractivity contribution in [2.45, 2.75) is 53.4 Å². The highest BCUT2D eigenvalue weighted by Gasteiger charge is 2.47. The summed E-state index contributed by atoms with van der Waals surface area (Å²) in [4.78, 5) is 38.5. The van der Waals surface area contributed by atoms with Gasteiger partial charge in [-0.1, -0.05) is 26.0 Å². The van der Waals surface area contributed by atoms with Crippen LogP contribution in [0.3, 0.4) is 0 Å². The zero-order valence-corrected chi connectivity index (χ0v) is 22.6. The van der Waals surface area contributed by atoms with Gasteiger partial charge in [-0.3, -0.25) is 14.6 Å². The molecule has 0 radical (unpaired) electrons. The first kappa shape index (κ1) is 25.3. The number of fused-ring (bicyclic) bond motifs is 1. The predicted molar refractivity (Wildman–Crippen MR) is 145 cm³/mol. The molecule has 4 rings (SSSR count). The Morgan fingerprint density at radius 1 is 1.09 bits per heavy atom. The van der Waals surface area contributed by atoms with Gasteiger partial charge in [-0.15, -0.1) is 0 Å². The number of rotatable bonds is 6. The number of pyridine rings is 1. The van der Waals surface area contributed by atoms with Gasteiger partial charge in [-0.05, 0) is 78.4 Å². The summed E-state index contributed by atoms with van der Waals surface area (Å²) in [6, 6.07) is 11.9. The fourth-order valence-corrected chi connectivity index (χ4v) is 5.60. The molecule has 1 unspecified atom stereocenters. The van der Waals surface area contributed by atoms with Crippen LogP contribution in [0.1, 0.15) is 58.9 Å². The van der Waals surface area contributed by atoms with E-state index in [9.17, 15) is 9.59 Å². The van der Waals surface area contributed by atoms with Crippen molar-refractivity contribution < 1.29 is 9.59 Å². The molecule has 1 fully saturated rings. The first-order valence-electron chi connectivity index (χ1n) is 12.2. The lowest BCUT2D eigenvalue weighted by molar-refractivity contribution is -0.124. The number of benzene rings is 1. The highest BCUT2D eigenvalue weighted by molar-refractivity contribution is 9.10. The zero-order valence-electron chi connectivity index (χ0n) is 21.1. The van der Waals surface area contributed by atoms with E-state index in [0.29, 0.717) is 23.5 Å². The van der Waals surface area contributed by atoms with Crippen molar-refractivity contribution >= 4 is 44.8 Å². The molecule has 1 amide bonds. The van der Waals surface area contributed by atoms with Gasteiger partial charge in [0.15, 0.2) is 0 Å². The molecule has 2 aliphatic rings. The van der Waals surface area contributed by atoms with Crippen LogP contribution in [0, 0.1) is 11.3 Å². The van der Waals surface area contributed by atoms with Crippen molar-refractivity contribution in [3.63, 3.8) is 0 Å². The van der Waals surface area contributed by atoms with Crippen LogP contribution >= 0.6 is 15.9 Å². The molecule has 1 saturated carbocycles. The molecule has 35 heavy (non-hydrogen) atoms. The third-order valence-electron chi connectivity index (χ3n) is 6.96. The van der Waals surface area contributed by atoms with E-state index < -0.39 is 5.92 Å². The molecule has 6 nitrogen and oxygen atoms in total. The van der Waals surface area contributed by atoms with Gasteiger partial charge in [0.25, 0.3) is 5.91 Å². The molecule has 2 atom stereocenters. The molecule has 1 aliphatic heterocycles. The van der Waals surface area contributed by atoms with Crippen LogP contribution in [-0.4, -0.2) is 35.5 Å². The standard InChI is InChI=1S/C28H33BrN4O2/c1-6-33(7-2)20-11-8-18(9-12-20)25-24(27(35)32-23-13-10-19(29)16-30-23)17(3)31-21-14-28(4,5)15-22(34)26(21)25/h8-13,16,25-26H,6-7,14-15H2,1-5H3,(H,30,32,35)/t25-,26?/m0/s1. The highest BCUT2D eigenvalue weighted by Crippen LogP contribution is 2.47. The Morgan fingerprint density at radius 3 is 2.37 bits per heavy atom. The number of allylic oxidation sites excluding steroid dienone is 1. The lowest BCUT2D eigenvalue weighted by Gasteiger charge is -2.41. The van der Waals surface area contributed by atoms with Crippen LogP contribution in [0.25, 0.3) is 0 Å². The van der Waals surface area contributed by atoms with Gasteiger partial charge in [0, 0.05) is 58.8 Å². The monoisotopic (exact) mass is 536 g/mol. The number of aromatic nitrogens is 1. The van der Waals surface area contributed by atoms with Crippen LogP contribution in [-0.2, 0) is 9.59 Å². The Balaban J connectivity index is 1.77. The van der Waals surface area contributed by atoms with Crippen molar-refractivity contribution in [3.05, 3.63) is 63.9 Å². The molecule has 2 aromatic rings.